The summed E-state index contributed by atoms with van der Waals surface area (Å²) in [7, 11) is 0. The highest BCUT2D eigenvalue weighted by Gasteiger charge is 2.14. The van der Waals surface area contributed by atoms with Gasteiger partial charge in [0.15, 0.2) is 0 Å². The van der Waals surface area contributed by atoms with Crippen LogP contribution in [0.1, 0.15) is 13.8 Å². The summed E-state index contributed by atoms with van der Waals surface area (Å²) in [5, 5.41) is 2.19. The molecule has 0 bridgehead atoms. The normalized spacial score (nSPS) is 11.3. The fraction of sp³-hybridized carbons (Fsp3) is 0.0588. The molecule has 222 valence electrons. The van der Waals surface area contributed by atoms with Crippen LogP contribution in [-0.4, -0.2) is 31.8 Å². The van der Waals surface area contributed by atoms with E-state index in [1.54, 1.807) is 24.3 Å². The van der Waals surface area contributed by atoms with E-state index in [4.69, 9.17) is 26.1 Å². The number of hydrazine groups is 2. The predicted molar refractivity (Wildman–Crippen MR) is 174 cm³/mol. The van der Waals surface area contributed by atoms with E-state index in [2.05, 4.69) is 9.97 Å². The van der Waals surface area contributed by atoms with Gasteiger partial charge in [-0.25, -0.2) is 31.7 Å². The number of furan rings is 1. The first kappa shape index (κ1) is 27.8. The predicted octanol–water partition coefficient (Wildman–Crippen LogP) is 6.15. The third kappa shape index (κ3) is 5.22. The van der Waals surface area contributed by atoms with Crippen LogP contribution in [0.15, 0.2) is 101 Å². The topological polar surface area (TPSA) is 163 Å². The number of carbonyl (C=O) groups is 2. The van der Waals surface area contributed by atoms with Gasteiger partial charge in [-0.2, -0.15) is 0 Å². The number of fused-ring (bicyclic) bond motifs is 2. The summed E-state index contributed by atoms with van der Waals surface area (Å²) in [4.78, 5) is 39.3. The number of hydrogen-bond donors (Lipinski definition) is 4. The number of rotatable bonds is 6. The second-order valence-corrected chi connectivity index (χ2v) is 10.7. The van der Waals surface area contributed by atoms with E-state index >= 15 is 0 Å². The number of nitrogens with two attached hydrogens (primary N) is 2. The number of aromatic amines is 2. The maximum Gasteiger partial charge on any atom is 0.238 e. The second-order valence-electron chi connectivity index (χ2n) is 10.7. The number of hydrogen-bond acceptors (Lipinski definition) is 7. The number of imidazole rings is 2. The van der Waals surface area contributed by atoms with Crippen molar-refractivity contribution in [2.24, 2.45) is 11.7 Å². The Labute approximate surface area is 257 Å². The molecule has 3 heterocycles. The van der Waals surface area contributed by atoms with Gasteiger partial charge in [0, 0.05) is 36.1 Å². The number of H-pyrrole nitrogens is 2. The molecule has 0 radical (unpaired) electrons. The minimum Gasteiger partial charge on any atom is -0.456 e. The van der Waals surface area contributed by atoms with E-state index in [1.807, 2.05) is 72.8 Å². The first-order valence-electron chi connectivity index (χ1n) is 14.2. The minimum absolute atomic E-state index is 0.256. The fourth-order valence-corrected chi connectivity index (χ4v) is 5.16. The summed E-state index contributed by atoms with van der Waals surface area (Å²) < 4.78 is 6.22. The lowest BCUT2D eigenvalue weighted by molar-refractivity contribution is -0.117. The Balaban J connectivity index is 1.08. The van der Waals surface area contributed by atoms with Gasteiger partial charge >= 0.3 is 0 Å². The maximum atomic E-state index is 11.6. The van der Waals surface area contributed by atoms with Gasteiger partial charge in [-0.15, -0.1) is 0 Å². The van der Waals surface area contributed by atoms with E-state index in [0.717, 1.165) is 54.8 Å². The Hall–Kier alpha value is -6.04. The molecule has 45 heavy (non-hydrogen) atoms. The third-order valence-electron chi connectivity index (χ3n) is 7.66. The van der Waals surface area contributed by atoms with Crippen LogP contribution < -0.4 is 21.7 Å². The highest BCUT2D eigenvalue weighted by Crippen LogP contribution is 2.32. The summed E-state index contributed by atoms with van der Waals surface area (Å²) >= 11 is 0. The molecule has 0 fully saturated rings. The zero-order valence-electron chi connectivity index (χ0n) is 24.4. The molecule has 11 nitrogen and oxygen atoms in total. The number of benzene rings is 4. The van der Waals surface area contributed by atoms with Crippen molar-refractivity contribution in [2.75, 3.05) is 10.0 Å². The van der Waals surface area contributed by atoms with Crippen LogP contribution in [0.2, 0.25) is 0 Å². The minimum atomic E-state index is -0.256. The van der Waals surface area contributed by atoms with Gasteiger partial charge in [0.05, 0.1) is 33.4 Å². The van der Waals surface area contributed by atoms with Crippen LogP contribution in [0.25, 0.3) is 67.5 Å². The number of aromatic nitrogens is 4. The molecule has 0 unspecified atom stereocenters. The van der Waals surface area contributed by atoms with E-state index < -0.39 is 0 Å². The number of nitrogens with zero attached hydrogens (tertiary/aromatic N) is 4. The average molecular weight is 597 g/mol. The molecule has 0 aliphatic carbocycles. The number of carbonyl (C=O) groups excluding carboxylic acids is 2. The van der Waals surface area contributed by atoms with Crippen LogP contribution in [0, 0.1) is 0 Å². The highest BCUT2D eigenvalue weighted by atomic mass is 16.3. The molecule has 0 aliphatic heterocycles. The molecule has 4 aromatic carbocycles. The van der Waals surface area contributed by atoms with Crippen molar-refractivity contribution in [3.05, 3.63) is 97.1 Å². The molecule has 0 atom stereocenters. The van der Waals surface area contributed by atoms with Crippen molar-refractivity contribution in [2.45, 2.75) is 13.8 Å². The molecule has 0 spiro atoms. The van der Waals surface area contributed by atoms with Crippen molar-refractivity contribution in [1.82, 2.24) is 19.9 Å². The summed E-state index contributed by atoms with van der Waals surface area (Å²) in [6.45, 7) is 2.82. The van der Waals surface area contributed by atoms with Crippen molar-refractivity contribution in [3.63, 3.8) is 0 Å². The van der Waals surface area contributed by atoms with Crippen molar-refractivity contribution >= 4 is 45.3 Å². The molecule has 11 heteroatoms. The van der Waals surface area contributed by atoms with Crippen LogP contribution in [0.3, 0.4) is 0 Å². The van der Waals surface area contributed by atoms with Crippen molar-refractivity contribution < 1.29 is 14.0 Å². The quantitative estimate of drug-likeness (QED) is 0.102. The molecular formula is C34H28N8O3. The SMILES string of the molecule is CC(=O)N(N)c1ccc2[nH]c(-c3ccc(-c4ccc(-c5ccc(-c6nc7cc(N(N)C(C)=O)ccc7[nH]6)cc5)o4)cc3)nc2c1. The van der Waals surface area contributed by atoms with Gasteiger partial charge in [0.1, 0.15) is 23.2 Å². The van der Waals surface area contributed by atoms with Crippen molar-refractivity contribution in [1.29, 1.82) is 0 Å². The van der Waals surface area contributed by atoms with Crippen LogP contribution >= 0.6 is 0 Å². The molecule has 6 N–H and O–H groups in total. The molecule has 7 aromatic rings. The van der Waals surface area contributed by atoms with Crippen LogP contribution in [0.5, 0.6) is 0 Å². The smallest absolute Gasteiger partial charge is 0.238 e. The van der Waals surface area contributed by atoms with Gasteiger partial charge in [-0.3, -0.25) is 9.59 Å². The van der Waals surface area contributed by atoms with Gasteiger partial charge in [-0.1, -0.05) is 48.5 Å². The Kier molecular flexibility index (Phi) is 6.73. The summed E-state index contributed by atoms with van der Waals surface area (Å²) in [6.07, 6.45) is 0. The van der Waals surface area contributed by atoms with Gasteiger partial charge in [-0.05, 0) is 48.5 Å². The molecule has 7 rings (SSSR count). The summed E-state index contributed by atoms with van der Waals surface area (Å²) in [6, 6.07) is 30.6. The van der Waals surface area contributed by atoms with Crippen LogP contribution in [-0.2, 0) is 9.59 Å². The Bertz CT molecular complexity index is 2050. The lowest BCUT2D eigenvalue weighted by atomic mass is 10.1. The molecule has 0 aliphatic rings. The molecule has 0 saturated carbocycles. The summed E-state index contributed by atoms with van der Waals surface area (Å²) in [5.41, 5.74) is 7.96. The molecule has 0 saturated heterocycles. The fourth-order valence-electron chi connectivity index (χ4n) is 5.16. The first-order valence-corrected chi connectivity index (χ1v) is 14.2. The number of nitrogens with one attached hydrogen (secondary N) is 2. The van der Waals surface area contributed by atoms with E-state index in [0.29, 0.717) is 34.1 Å². The zero-order chi connectivity index (χ0) is 31.2. The van der Waals surface area contributed by atoms with E-state index in [-0.39, 0.29) is 11.8 Å². The Morgan fingerprint density at radius 1 is 0.578 bits per heavy atom. The average Bonchev–Trinajstić information content (AvgIpc) is 3.82. The molecule has 3 aromatic heterocycles. The molecular weight excluding hydrogens is 568 g/mol. The monoisotopic (exact) mass is 596 g/mol. The Morgan fingerprint density at radius 2 is 0.956 bits per heavy atom. The third-order valence-corrected chi connectivity index (χ3v) is 7.66. The lowest BCUT2D eigenvalue weighted by Gasteiger charge is -2.13. The second kappa shape index (κ2) is 10.9. The molecule has 2 amide bonds. The van der Waals surface area contributed by atoms with E-state index in [9.17, 15) is 9.59 Å². The van der Waals surface area contributed by atoms with Gasteiger partial charge in [0.25, 0.3) is 0 Å². The number of anilines is 2. The zero-order valence-corrected chi connectivity index (χ0v) is 24.4. The number of amides is 2. The maximum absolute atomic E-state index is 11.6. The summed E-state index contributed by atoms with van der Waals surface area (Å²) in [5.74, 6) is 14.1. The standard InChI is InChI=1S/C34H28N8O3/c1-19(43)41(35)25-11-13-27-29(17-25)39-33(37-27)23-7-3-21(4-8-23)31-15-16-32(45-31)22-5-9-24(10-6-22)34-38-28-14-12-26(18-30(28)40-34)42(36)20(2)44/h3-18H,35-36H2,1-2H3,(H,37,39)(H,38,40). The van der Waals surface area contributed by atoms with Gasteiger partial charge < -0.3 is 14.4 Å². The van der Waals surface area contributed by atoms with E-state index in [1.165, 1.54) is 13.8 Å². The highest BCUT2D eigenvalue weighted by molar-refractivity contribution is 5.94. The van der Waals surface area contributed by atoms with Crippen LogP contribution in [0.4, 0.5) is 11.4 Å². The lowest BCUT2D eigenvalue weighted by Crippen LogP contribution is -2.35. The van der Waals surface area contributed by atoms with Crippen molar-refractivity contribution in [3.8, 4) is 45.4 Å². The first-order chi connectivity index (χ1) is 21.7. The largest absolute Gasteiger partial charge is 0.456 e. The van der Waals surface area contributed by atoms with Gasteiger partial charge in [0.2, 0.25) is 11.8 Å². The Morgan fingerprint density at radius 3 is 1.33 bits per heavy atom.